The van der Waals surface area contributed by atoms with Crippen LogP contribution in [-0.4, -0.2) is 21.4 Å². The number of nitrogens with one attached hydrogen (secondary N) is 1. The van der Waals surface area contributed by atoms with Gasteiger partial charge in [0.25, 0.3) is 0 Å². The molecule has 2 fully saturated rings. The summed E-state index contributed by atoms with van der Waals surface area (Å²) in [5.74, 6) is 0. The standard InChI is InChI=1S/C13H18N4/c1-10-5-7-17(16-10)12-4-6-13(8-12,9-14)15-11-2-3-11/h5,7,11-12,15H,2-4,6,8H2,1H3. The van der Waals surface area contributed by atoms with Crippen molar-refractivity contribution in [3.05, 3.63) is 18.0 Å². The highest BCUT2D eigenvalue weighted by Crippen LogP contribution is 2.39. The van der Waals surface area contributed by atoms with Gasteiger partial charge in [-0.1, -0.05) is 0 Å². The Balaban J connectivity index is 1.73. The van der Waals surface area contributed by atoms with Gasteiger partial charge in [-0.2, -0.15) is 10.4 Å². The molecule has 1 heterocycles. The normalized spacial score (nSPS) is 32.6. The second kappa shape index (κ2) is 3.85. The Hall–Kier alpha value is -1.34. The summed E-state index contributed by atoms with van der Waals surface area (Å²) in [5.41, 5.74) is 0.751. The Bertz CT molecular complexity index is 454. The number of hydrogen-bond donors (Lipinski definition) is 1. The summed E-state index contributed by atoms with van der Waals surface area (Å²) in [4.78, 5) is 0. The van der Waals surface area contributed by atoms with E-state index in [1.165, 1.54) is 12.8 Å². The molecule has 4 heteroatoms. The zero-order chi connectivity index (χ0) is 11.9. The van der Waals surface area contributed by atoms with Gasteiger partial charge < -0.3 is 0 Å². The van der Waals surface area contributed by atoms with Crippen molar-refractivity contribution in [1.82, 2.24) is 15.1 Å². The fraction of sp³-hybridized carbons (Fsp3) is 0.692. The van der Waals surface area contributed by atoms with Crippen LogP contribution >= 0.6 is 0 Å². The molecule has 4 nitrogen and oxygen atoms in total. The minimum absolute atomic E-state index is 0.300. The van der Waals surface area contributed by atoms with Crippen molar-refractivity contribution >= 4 is 0 Å². The highest BCUT2D eigenvalue weighted by atomic mass is 15.3. The second-order valence-electron chi connectivity index (χ2n) is 5.45. The third-order valence-corrected chi connectivity index (χ3v) is 3.88. The summed E-state index contributed by atoms with van der Waals surface area (Å²) >= 11 is 0. The molecule has 1 N–H and O–H groups in total. The van der Waals surface area contributed by atoms with E-state index in [-0.39, 0.29) is 5.54 Å². The zero-order valence-corrected chi connectivity index (χ0v) is 10.2. The summed E-state index contributed by atoms with van der Waals surface area (Å²) in [5, 5.41) is 17.4. The maximum Gasteiger partial charge on any atom is 0.109 e. The number of nitrogens with zero attached hydrogens (tertiary/aromatic N) is 3. The van der Waals surface area contributed by atoms with Crippen LogP contribution in [0.4, 0.5) is 0 Å². The molecule has 90 valence electrons. The van der Waals surface area contributed by atoms with Crippen molar-refractivity contribution in [2.45, 2.75) is 56.7 Å². The van der Waals surface area contributed by atoms with Crippen LogP contribution in [0.1, 0.15) is 43.8 Å². The Morgan fingerprint density at radius 1 is 1.53 bits per heavy atom. The van der Waals surface area contributed by atoms with Crippen LogP contribution in [-0.2, 0) is 0 Å². The Kier molecular flexibility index (Phi) is 2.44. The SMILES string of the molecule is Cc1ccn(C2CCC(C#N)(NC3CC3)C2)n1. The van der Waals surface area contributed by atoms with E-state index in [0.717, 1.165) is 25.0 Å². The molecule has 2 aliphatic rings. The van der Waals surface area contributed by atoms with Gasteiger partial charge in [-0.15, -0.1) is 0 Å². The van der Waals surface area contributed by atoms with Crippen LogP contribution in [0.15, 0.2) is 12.3 Å². The van der Waals surface area contributed by atoms with Crippen LogP contribution in [0.25, 0.3) is 0 Å². The summed E-state index contributed by atoms with van der Waals surface area (Å²) in [6.07, 6.45) is 7.38. The van der Waals surface area contributed by atoms with E-state index in [4.69, 9.17) is 0 Å². The van der Waals surface area contributed by atoms with Gasteiger partial charge in [-0.05, 0) is 38.7 Å². The molecule has 0 spiro atoms. The minimum Gasteiger partial charge on any atom is -0.297 e. The Morgan fingerprint density at radius 2 is 2.35 bits per heavy atom. The molecule has 2 atom stereocenters. The fourth-order valence-electron chi connectivity index (χ4n) is 2.76. The topological polar surface area (TPSA) is 53.6 Å². The van der Waals surface area contributed by atoms with Gasteiger partial charge in [-0.3, -0.25) is 10.00 Å². The van der Waals surface area contributed by atoms with Crippen molar-refractivity contribution in [3.8, 4) is 6.07 Å². The molecule has 0 saturated heterocycles. The molecule has 0 amide bonds. The Morgan fingerprint density at radius 3 is 2.94 bits per heavy atom. The first-order chi connectivity index (χ1) is 8.21. The van der Waals surface area contributed by atoms with Gasteiger partial charge in [0.1, 0.15) is 5.54 Å². The van der Waals surface area contributed by atoms with Crippen molar-refractivity contribution in [2.24, 2.45) is 0 Å². The first kappa shape index (κ1) is 10.8. The lowest BCUT2D eigenvalue weighted by Crippen LogP contribution is -2.43. The van der Waals surface area contributed by atoms with E-state index in [0.29, 0.717) is 12.1 Å². The van der Waals surface area contributed by atoms with Crippen LogP contribution < -0.4 is 5.32 Å². The van der Waals surface area contributed by atoms with Crippen LogP contribution in [0.3, 0.4) is 0 Å². The molecular formula is C13H18N4. The number of aromatic nitrogens is 2. The van der Waals surface area contributed by atoms with E-state index >= 15 is 0 Å². The molecule has 1 aromatic rings. The molecule has 2 unspecified atom stereocenters. The average molecular weight is 230 g/mol. The zero-order valence-electron chi connectivity index (χ0n) is 10.2. The highest BCUT2D eigenvalue weighted by Gasteiger charge is 2.43. The molecule has 0 bridgehead atoms. The Labute approximate surface area is 102 Å². The molecule has 2 saturated carbocycles. The van der Waals surface area contributed by atoms with E-state index in [2.05, 4.69) is 16.5 Å². The quantitative estimate of drug-likeness (QED) is 0.863. The minimum atomic E-state index is -0.300. The number of aryl methyl sites for hydroxylation is 1. The maximum absolute atomic E-state index is 9.42. The summed E-state index contributed by atoms with van der Waals surface area (Å²) in [7, 11) is 0. The van der Waals surface area contributed by atoms with Gasteiger partial charge in [0.05, 0.1) is 17.8 Å². The lowest BCUT2D eigenvalue weighted by molar-refractivity contribution is 0.385. The molecular weight excluding hydrogens is 212 g/mol. The van der Waals surface area contributed by atoms with Crippen molar-refractivity contribution in [2.75, 3.05) is 0 Å². The van der Waals surface area contributed by atoms with Gasteiger partial charge in [0, 0.05) is 18.7 Å². The third-order valence-electron chi connectivity index (χ3n) is 3.88. The molecule has 1 aromatic heterocycles. The van der Waals surface area contributed by atoms with E-state index < -0.39 is 0 Å². The van der Waals surface area contributed by atoms with Gasteiger partial charge in [-0.25, -0.2) is 0 Å². The van der Waals surface area contributed by atoms with Crippen molar-refractivity contribution in [1.29, 1.82) is 5.26 Å². The van der Waals surface area contributed by atoms with E-state index in [1.807, 2.05) is 23.9 Å². The number of hydrogen-bond acceptors (Lipinski definition) is 3. The number of rotatable bonds is 3. The van der Waals surface area contributed by atoms with Crippen LogP contribution in [0.5, 0.6) is 0 Å². The maximum atomic E-state index is 9.42. The van der Waals surface area contributed by atoms with Gasteiger partial charge >= 0.3 is 0 Å². The smallest absolute Gasteiger partial charge is 0.109 e. The van der Waals surface area contributed by atoms with Crippen LogP contribution in [0.2, 0.25) is 0 Å². The monoisotopic (exact) mass is 230 g/mol. The van der Waals surface area contributed by atoms with Gasteiger partial charge in [0.15, 0.2) is 0 Å². The predicted molar refractivity (Wildman–Crippen MR) is 64.4 cm³/mol. The van der Waals surface area contributed by atoms with E-state index in [1.54, 1.807) is 0 Å². The van der Waals surface area contributed by atoms with Gasteiger partial charge in [0.2, 0.25) is 0 Å². The lowest BCUT2D eigenvalue weighted by atomic mass is 9.99. The first-order valence-corrected chi connectivity index (χ1v) is 6.41. The predicted octanol–water partition coefficient (Wildman–Crippen LogP) is 1.93. The summed E-state index contributed by atoms with van der Waals surface area (Å²) in [6.45, 7) is 2.01. The highest BCUT2D eigenvalue weighted by molar-refractivity contribution is 5.15. The average Bonchev–Trinajstić information content (AvgIpc) is 2.86. The first-order valence-electron chi connectivity index (χ1n) is 6.41. The lowest BCUT2D eigenvalue weighted by Gasteiger charge is -2.22. The molecule has 2 aliphatic carbocycles. The number of nitriles is 1. The summed E-state index contributed by atoms with van der Waals surface area (Å²) < 4.78 is 2.03. The van der Waals surface area contributed by atoms with Crippen molar-refractivity contribution in [3.63, 3.8) is 0 Å². The molecule has 0 radical (unpaired) electrons. The molecule has 3 rings (SSSR count). The second-order valence-corrected chi connectivity index (χ2v) is 5.45. The van der Waals surface area contributed by atoms with Crippen LogP contribution in [0, 0.1) is 18.3 Å². The molecule has 0 aliphatic heterocycles. The molecule has 0 aromatic carbocycles. The molecule has 17 heavy (non-hydrogen) atoms. The fourth-order valence-corrected chi connectivity index (χ4v) is 2.76. The van der Waals surface area contributed by atoms with E-state index in [9.17, 15) is 5.26 Å². The third kappa shape index (κ3) is 2.07. The van der Waals surface area contributed by atoms with Crippen molar-refractivity contribution < 1.29 is 0 Å². The summed E-state index contributed by atoms with van der Waals surface area (Å²) in [6, 6.07) is 5.51. The largest absolute Gasteiger partial charge is 0.297 e.